The molecule has 4 heteroatoms. The number of benzene rings is 6. The van der Waals surface area contributed by atoms with Crippen molar-refractivity contribution in [3.63, 3.8) is 0 Å². The molecule has 1 aliphatic rings. The molecule has 2 heterocycles. The van der Waals surface area contributed by atoms with Crippen molar-refractivity contribution >= 4 is 38.8 Å². The second-order valence-corrected chi connectivity index (χ2v) is 12.3. The number of aromatic nitrogens is 2. The van der Waals surface area contributed by atoms with Gasteiger partial charge in [-0.3, -0.25) is 0 Å². The highest BCUT2D eigenvalue weighted by molar-refractivity contribution is 6.09. The molecule has 0 saturated heterocycles. The van der Waals surface area contributed by atoms with Crippen molar-refractivity contribution in [1.82, 2.24) is 9.13 Å². The van der Waals surface area contributed by atoms with Crippen molar-refractivity contribution in [3.8, 4) is 45.8 Å². The molecule has 0 bridgehead atoms. The second kappa shape index (κ2) is 11.0. The zero-order chi connectivity index (χ0) is 32.2. The fourth-order valence-electron chi connectivity index (χ4n) is 7.53. The van der Waals surface area contributed by atoms with Gasteiger partial charge in [0.05, 0.1) is 45.5 Å². The predicted octanol–water partition coefficient (Wildman–Crippen LogP) is 10.8. The first-order valence-corrected chi connectivity index (χ1v) is 16.2. The third-order valence-corrected chi connectivity index (χ3v) is 9.66. The van der Waals surface area contributed by atoms with Crippen LogP contribution < -0.4 is 0 Å². The molecule has 0 spiro atoms. The van der Waals surface area contributed by atoms with Crippen molar-refractivity contribution < 1.29 is 0 Å². The van der Waals surface area contributed by atoms with E-state index in [1.54, 1.807) is 0 Å². The number of hydrogen-bond acceptors (Lipinski definition) is 2. The van der Waals surface area contributed by atoms with Crippen LogP contribution in [0.4, 0.5) is 0 Å². The van der Waals surface area contributed by atoms with E-state index in [0.29, 0.717) is 11.1 Å². The molecule has 0 fully saturated rings. The van der Waals surface area contributed by atoms with Gasteiger partial charge < -0.3 is 9.13 Å². The van der Waals surface area contributed by atoms with Crippen LogP contribution in [0.3, 0.4) is 0 Å². The smallest absolute Gasteiger partial charge is 0.0998 e. The van der Waals surface area contributed by atoms with E-state index in [0.717, 1.165) is 63.0 Å². The fourth-order valence-corrected chi connectivity index (χ4v) is 7.53. The minimum atomic E-state index is 0.583. The van der Waals surface area contributed by atoms with Crippen molar-refractivity contribution in [3.05, 3.63) is 162 Å². The van der Waals surface area contributed by atoms with Gasteiger partial charge in [-0.25, -0.2) is 0 Å². The molecule has 0 radical (unpaired) electrons. The summed E-state index contributed by atoms with van der Waals surface area (Å²) in [5, 5.41) is 24.0. The maximum absolute atomic E-state index is 10.4. The Morgan fingerprint density at radius 2 is 1.23 bits per heavy atom. The number of allylic oxidation sites excluding steroid dienone is 1. The summed E-state index contributed by atoms with van der Waals surface area (Å²) in [6.45, 7) is 0. The highest BCUT2D eigenvalue weighted by Crippen LogP contribution is 2.40. The lowest BCUT2D eigenvalue weighted by Gasteiger charge is -2.19. The van der Waals surface area contributed by atoms with Crippen LogP contribution in [0.5, 0.6) is 0 Å². The molecule has 0 N–H and O–H groups in total. The molecule has 1 aliphatic carbocycles. The third kappa shape index (κ3) is 4.21. The largest absolute Gasteiger partial charge is 0.312 e. The first-order valence-electron chi connectivity index (χ1n) is 16.2. The number of hydrogen-bond donors (Lipinski definition) is 0. The van der Waals surface area contributed by atoms with E-state index < -0.39 is 0 Å². The van der Waals surface area contributed by atoms with Gasteiger partial charge in [0, 0.05) is 44.2 Å². The lowest BCUT2D eigenvalue weighted by Crippen LogP contribution is -2.05. The van der Waals surface area contributed by atoms with E-state index >= 15 is 0 Å². The molecule has 2 aromatic heterocycles. The van der Waals surface area contributed by atoms with Gasteiger partial charge in [-0.05, 0) is 78.6 Å². The highest BCUT2D eigenvalue weighted by atomic mass is 15.0. The van der Waals surface area contributed by atoms with Crippen LogP contribution in [0.2, 0.25) is 0 Å². The molecule has 0 atom stereocenters. The Morgan fingerprint density at radius 3 is 1.96 bits per heavy atom. The van der Waals surface area contributed by atoms with Gasteiger partial charge in [0.1, 0.15) is 0 Å². The molecule has 224 valence electrons. The number of rotatable bonds is 4. The lowest BCUT2D eigenvalue weighted by atomic mass is 9.93. The summed E-state index contributed by atoms with van der Waals surface area (Å²) in [5.41, 5.74) is 12.9. The number of para-hydroxylation sites is 3. The Bertz CT molecular complexity index is 2650. The van der Waals surface area contributed by atoms with Crippen LogP contribution in [0.25, 0.3) is 72.4 Å². The summed E-state index contributed by atoms with van der Waals surface area (Å²) < 4.78 is 4.63. The van der Waals surface area contributed by atoms with Gasteiger partial charge in [0.25, 0.3) is 0 Å². The molecule has 8 aromatic rings. The van der Waals surface area contributed by atoms with E-state index in [4.69, 9.17) is 0 Å². The van der Waals surface area contributed by atoms with Crippen LogP contribution in [-0.4, -0.2) is 9.13 Å². The molecular formula is C44H28N4. The van der Waals surface area contributed by atoms with Crippen molar-refractivity contribution in [2.24, 2.45) is 0 Å². The Labute approximate surface area is 278 Å². The molecule has 0 unspecified atom stereocenters. The summed E-state index contributed by atoms with van der Waals surface area (Å²) in [6.07, 6.45) is 6.31. The number of nitrogens with zero attached hydrogens (tertiary/aromatic N) is 4. The zero-order valence-corrected chi connectivity index (χ0v) is 26.1. The standard InChI is InChI=1S/C44H28N4/c45-27-29-20-23-38(44(24-29)48-42-18-7-3-14-36(42)37-15-4-8-19-43(37)48)39-26-31(21-22-32(39)28-46)30-10-9-11-33(25-30)47-40-16-5-1-12-34(40)35-13-2-6-17-41(35)47/h1-7,9-18,20-26H,8,19H2. The average molecular weight is 613 g/mol. The van der Waals surface area contributed by atoms with Gasteiger partial charge in [-0.1, -0.05) is 91.0 Å². The van der Waals surface area contributed by atoms with E-state index in [-0.39, 0.29) is 0 Å². The summed E-state index contributed by atoms with van der Waals surface area (Å²) in [7, 11) is 0. The van der Waals surface area contributed by atoms with E-state index in [1.807, 2.05) is 30.3 Å². The van der Waals surface area contributed by atoms with Crippen molar-refractivity contribution in [2.45, 2.75) is 12.8 Å². The summed E-state index contributed by atoms with van der Waals surface area (Å²) >= 11 is 0. The highest BCUT2D eigenvalue weighted by Gasteiger charge is 2.22. The Hall–Kier alpha value is -6.62. The maximum Gasteiger partial charge on any atom is 0.0998 e. The SMILES string of the molecule is N#Cc1ccc(-c2cc(-c3cccc(-n4c5ccccc5c5ccccc54)c3)ccc2C#N)c(-n2c3c(c4ccccc42)C=CCC3)c1. The quantitative estimate of drug-likeness (QED) is 0.199. The molecule has 4 nitrogen and oxygen atoms in total. The van der Waals surface area contributed by atoms with Gasteiger partial charge >= 0.3 is 0 Å². The van der Waals surface area contributed by atoms with Crippen LogP contribution in [0.1, 0.15) is 28.8 Å². The van der Waals surface area contributed by atoms with Crippen LogP contribution >= 0.6 is 0 Å². The Kier molecular flexibility index (Phi) is 6.35. The van der Waals surface area contributed by atoms with Gasteiger partial charge in [0.2, 0.25) is 0 Å². The third-order valence-electron chi connectivity index (χ3n) is 9.66. The van der Waals surface area contributed by atoms with Crippen LogP contribution in [-0.2, 0) is 6.42 Å². The lowest BCUT2D eigenvalue weighted by molar-refractivity contribution is 0.889. The molecule has 6 aromatic carbocycles. The summed E-state index contributed by atoms with van der Waals surface area (Å²) in [4.78, 5) is 0. The molecule has 0 saturated carbocycles. The fraction of sp³-hybridized carbons (Fsp3) is 0.0455. The molecule has 0 amide bonds. The summed E-state index contributed by atoms with van der Waals surface area (Å²) in [5.74, 6) is 0. The van der Waals surface area contributed by atoms with Crippen molar-refractivity contribution in [2.75, 3.05) is 0 Å². The molecule has 48 heavy (non-hydrogen) atoms. The zero-order valence-electron chi connectivity index (χ0n) is 26.1. The van der Waals surface area contributed by atoms with Crippen molar-refractivity contribution in [1.29, 1.82) is 10.5 Å². The minimum absolute atomic E-state index is 0.583. The van der Waals surface area contributed by atoms with E-state index in [9.17, 15) is 10.5 Å². The van der Waals surface area contributed by atoms with Gasteiger partial charge in [-0.2, -0.15) is 10.5 Å². The first kappa shape index (κ1) is 27.7. The van der Waals surface area contributed by atoms with Crippen LogP contribution in [0, 0.1) is 22.7 Å². The Balaban J connectivity index is 1.25. The summed E-state index contributed by atoms with van der Waals surface area (Å²) in [6, 6.07) is 50.9. The maximum atomic E-state index is 10.4. The Morgan fingerprint density at radius 1 is 0.542 bits per heavy atom. The van der Waals surface area contributed by atoms with Crippen LogP contribution in [0.15, 0.2) is 140 Å². The minimum Gasteiger partial charge on any atom is -0.312 e. The predicted molar refractivity (Wildman–Crippen MR) is 195 cm³/mol. The molecular weight excluding hydrogens is 585 g/mol. The second-order valence-electron chi connectivity index (χ2n) is 12.3. The molecule has 9 rings (SSSR count). The van der Waals surface area contributed by atoms with E-state index in [1.165, 1.54) is 27.4 Å². The van der Waals surface area contributed by atoms with Gasteiger partial charge in [-0.15, -0.1) is 0 Å². The van der Waals surface area contributed by atoms with Gasteiger partial charge in [0.15, 0.2) is 0 Å². The molecule has 0 aliphatic heterocycles. The normalized spacial score (nSPS) is 12.3. The van der Waals surface area contributed by atoms with E-state index in [2.05, 4.69) is 137 Å². The average Bonchev–Trinajstić information content (AvgIpc) is 3.67. The number of nitriles is 2. The number of fused-ring (bicyclic) bond motifs is 6. The first-order chi connectivity index (χ1) is 23.7. The topological polar surface area (TPSA) is 57.4 Å². The monoisotopic (exact) mass is 612 g/mol.